The van der Waals surface area contributed by atoms with Crippen LogP contribution in [0.2, 0.25) is 0 Å². The highest BCUT2D eigenvalue weighted by Crippen LogP contribution is 2.16. The highest BCUT2D eigenvalue weighted by atomic mass is 19.1. The first-order valence-corrected chi connectivity index (χ1v) is 8.83. The van der Waals surface area contributed by atoms with Gasteiger partial charge in [-0.2, -0.15) is 5.26 Å². The maximum absolute atomic E-state index is 13.1. The molecule has 0 aliphatic rings. The Bertz CT molecular complexity index is 829. The highest BCUT2D eigenvalue weighted by Gasteiger charge is 2.18. The summed E-state index contributed by atoms with van der Waals surface area (Å²) >= 11 is 0. The fourth-order valence-corrected chi connectivity index (χ4v) is 2.49. The molecule has 0 heterocycles. The lowest BCUT2D eigenvalue weighted by atomic mass is 10.1. The molecule has 28 heavy (non-hydrogen) atoms. The second-order valence-electron chi connectivity index (χ2n) is 5.84. The maximum Gasteiger partial charge on any atom is 0.310 e. The van der Waals surface area contributed by atoms with Crippen molar-refractivity contribution >= 4 is 17.6 Å². The van der Waals surface area contributed by atoms with E-state index in [9.17, 15) is 14.0 Å². The lowest BCUT2D eigenvalue weighted by Gasteiger charge is -2.21. The van der Waals surface area contributed by atoms with Crippen molar-refractivity contribution in [3.63, 3.8) is 0 Å². The summed E-state index contributed by atoms with van der Waals surface area (Å²) in [5, 5.41) is 8.78. The fourth-order valence-electron chi connectivity index (χ4n) is 2.49. The second-order valence-corrected chi connectivity index (χ2v) is 5.84. The first-order chi connectivity index (χ1) is 13.5. The molecular formula is C21H21FN2O4. The van der Waals surface area contributed by atoms with Crippen LogP contribution in [0.1, 0.15) is 18.9 Å². The van der Waals surface area contributed by atoms with Crippen molar-refractivity contribution in [1.82, 2.24) is 0 Å². The summed E-state index contributed by atoms with van der Waals surface area (Å²) in [6, 6.07) is 14.3. The Labute approximate surface area is 163 Å². The number of anilines is 1. The molecule has 2 aromatic carbocycles. The van der Waals surface area contributed by atoms with E-state index in [4.69, 9.17) is 14.7 Å². The number of carbonyl (C=O) groups is 2. The third-order valence-corrected chi connectivity index (χ3v) is 3.83. The lowest BCUT2D eigenvalue weighted by Crippen LogP contribution is -2.35. The van der Waals surface area contributed by atoms with Gasteiger partial charge in [-0.05, 0) is 48.9 Å². The molecule has 0 spiro atoms. The van der Waals surface area contributed by atoms with Crippen LogP contribution in [0.15, 0.2) is 48.5 Å². The summed E-state index contributed by atoms with van der Waals surface area (Å²) in [4.78, 5) is 25.8. The molecule has 0 saturated heterocycles. The minimum absolute atomic E-state index is 0.0223. The van der Waals surface area contributed by atoms with E-state index in [0.29, 0.717) is 18.0 Å². The van der Waals surface area contributed by atoms with Crippen LogP contribution >= 0.6 is 0 Å². The van der Waals surface area contributed by atoms with Gasteiger partial charge in [0.15, 0.2) is 6.61 Å². The van der Waals surface area contributed by atoms with Gasteiger partial charge in [0.05, 0.1) is 25.5 Å². The number of hydrogen-bond acceptors (Lipinski definition) is 5. The van der Waals surface area contributed by atoms with Gasteiger partial charge in [0.1, 0.15) is 11.6 Å². The number of nitriles is 1. The van der Waals surface area contributed by atoms with Crippen LogP contribution in [0.4, 0.5) is 10.1 Å². The van der Waals surface area contributed by atoms with Crippen LogP contribution in [0.3, 0.4) is 0 Å². The van der Waals surface area contributed by atoms with E-state index in [2.05, 4.69) is 0 Å². The van der Waals surface area contributed by atoms with Crippen molar-refractivity contribution in [3.05, 3.63) is 59.9 Å². The van der Waals surface area contributed by atoms with Crippen molar-refractivity contribution in [1.29, 1.82) is 5.26 Å². The molecular weight excluding hydrogens is 363 g/mol. The molecule has 146 valence electrons. The van der Waals surface area contributed by atoms with E-state index in [1.165, 1.54) is 29.2 Å². The Hall–Kier alpha value is -3.40. The third-order valence-electron chi connectivity index (χ3n) is 3.83. The molecule has 0 saturated carbocycles. The van der Waals surface area contributed by atoms with E-state index >= 15 is 0 Å². The van der Waals surface area contributed by atoms with Gasteiger partial charge in [-0.15, -0.1) is 0 Å². The summed E-state index contributed by atoms with van der Waals surface area (Å²) in [5.74, 6) is -0.751. The Morgan fingerprint density at radius 2 is 1.79 bits per heavy atom. The van der Waals surface area contributed by atoms with Gasteiger partial charge in [-0.1, -0.05) is 12.1 Å². The Kier molecular flexibility index (Phi) is 7.97. The van der Waals surface area contributed by atoms with Gasteiger partial charge >= 0.3 is 5.97 Å². The topological polar surface area (TPSA) is 79.6 Å². The number of rotatable bonds is 9. The maximum atomic E-state index is 13.1. The molecule has 0 unspecified atom stereocenters. The SMILES string of the molecule is CCOc1ccc(CC(=O)OCC(=O)N(CCC#N)c2ccc(F)cc2)cc1. The quantitative estimate of drug-likeness (QED) is 0.620. The smallest absolute Gasteiger partial charge is 0.310 e. The van der Waals surface area contributed by atoms with Crippen molar-refractivity contribution in [3.8, 4) is 11.8 Å². The number of benzene rings is 2. The number of esters is 1. The van der Waals surface area contributed by atoms with E-state index in [1.54, 1.807) is 24.3 Å². The normalized spacial score (nSPS) is 10.0. The molecule has 0 aliphatic heterocycles. The number of amides is 1. The van der Waals surface area contributed by atoms with Crippen LogP contribution in [0.25, 0.3) is 0 Å². The molecule has 0 aliphatic carbocycles. The number of carbonyl (C=O) groups excluding carboxylic acids is 2. The minimum Gasteiger partial charge on any atom is -0.494 e. The number of ether oxygens (including phenoxy) is 2. The van der Waals surface area contributed by atoms with Gasteiger partial charge in [0.25, 0.3) is 5.91 Å². The van der Waals surface area contributed by atoms with Crippen LogP contribution in [0.5, 0.6) is 5.75 Å². The van der Waals surface area contributed by atoms with Gasteiger partial charge in [-0.3, -0.25) is 9.59 Å². The lowest BCUT2D eigenvalue weighted by molar-refractivity contribution is -0.147. The Balaban J connectivity index is 1.92. The van der Waals surface area contributed by atoms with Gasteiger partial charge in [-0.25, -0.2) is 4.39 Å². The minimum atomic E-state index is -0.545. The summed E-state index contributed by atoms with van der Waals surface area (Å²) < 4.78 is 23.5. The molecule has 0 N–H and O–H groups in total. The molecule has 0 atom stereocenters. The molecule has 1 amide bonds. The number of halogens is 1. The average Bonchev–Trinajstić information content (AvgIpc) is 2.69. The van der Waals surface area contributed by atoms with Crippen molar-refractivity contribution in [2.24, 2.45) is 0 Å². The largest absolute Gasteiger partial charge is 0.494 e. The van der Waals surface area contributed by atoms with Gasteiger partial charge < -0.3 is 14.4 Å². The van der Waals surface area contributed by atoms with Crippen LogP contribution in [-0.4, -0.2) is 31.6 Å². The predicted molar refractivity (Wildman–Crippen MR) is 101 cm³/mol. The van der Waals surface area contributed by atoms with Crippen LogP contribution in [0, 0.1) is 17.1 Å². The molecule has 0 fully saturated rings. The second kappa shape index (κ2) is 10.7. The molecule has 0 bridgehead atoms. The third kappa shape index (κ3) is 6.40. The first-order valence-electron chi connectivity index (χ1n) is 8.83. The summed E-state index contributed by atoms with van der Waals surface area (Å²) in [6.07, 6.45) is 0.123. The van der Waals surface area contributed by atoms with E-state index in [1.807, 2.05) is 13.0 Å². The van der Waals surface area contributed by atoms with Gasteiger partial charge in [0, 0.05) is 12.2 Å². The van der Waals surface area contributed by atoms with Crippen LogP contribution in [-0.2, 0) is 20.7 Å². The fraction of sp³-hybridized carbons (Fsp3) is 0.286. The highest BCUT2D eigenvalue weighted by molar-refractivity contribution is 5.95. The van der Waals surface area contributed by atoms with Crippen molar-refractivity contribution in [2.75, 3.05) is 24.7 Å². The standard InChI is InChI=1S/C21H21FN2O4/c1-2-27-19-10-4-16(5-11-19)14-21(26)28-15-20(25)24(13-3-12-23)18-8-6-17(22)7-9-18/h4-11H,2-3,13-15H2,1H3. The summed E-state index contributed by atoms with van der Waals surface area (Å²) in [6.45, 7) is 2.10. The monoisotopic (exact) mass is 384 g/mol. The van der Waals surface area contributed by atoms with E-state index < -0.39 is 24.3 Å². The van der Waals surface area contributed by atoms with Gasteiger partial charge in [0.2, 0.25) is 0 Å². The number of nitrogens with zero attached hydrogens (tertiary/aromatic N) is 2. The Morgan fingerprint density at radius 3 is 2.39 bits per heavy atom. The average molecular weight is 384 g/mol. The summed E-state index contributed by atoms with van der Waals surface area (Å²) in [5.41, 5.74) is 1.17. The zero-order chi connectivity index (χ0) is 20.4. The number of hydrogen-bond donors (Lipinski definition) is 0. The summed E-state index contributed by atoms with van der Waals surface area (Å²) in [7, 11) is 0. The van der Waals surface area contributed by atoms with E-state index in [-0.39, 0.29) is 19.4 Å². The van der Waals surface area contributed by atoms with Crippen LogP contribution < -0.4 is 9.64 Å². The molecule has 0 aromatic heterocycles. The predicted octanol–water partition coefficient (Wildman–Crippen LogP) is 3.26. The van der Waals surface area contributed by atoms with Crippen molar-refractivity contribution < 1.29 is 23.5 Å². The van der Waals surface area contributed by atoms with E-state index in [0.717, 1.165) is 5.56 Å². The Morgan fingerprint density at radius 1 is 1.11 bits per heavy atom. The molecule has 2 aromatic rings. The molecule has 7 heteroatoms. The first kappa shape index (κ1) is 20.9. The zero-order valence-electron chi connectivity index (χ0n) is 15.6. The molecule has 6 nitrogen and oxygen atoms in total. The van der Waals surface area contributed by atoms with Crippen molar-refractivity contribution in [2.45, 2.75) is 19.8 Å². The zero-order valence-corrected chi connectivity index (χ0v) is 15.6. The molecule has 0 radical (unpaired) electrons. The molecule has 2 rings (SSSR count).